The number of benzene rings is 1. The van der Waals surface area contributed by atoms with Gasteiger partial charge in [-0.1, -0.05) is 0 Å². The Kier molecular flexibility index (Phi) is 3.44. The van der Waals surface area contributed by atoms with E-state index in [0.29, 0.717) is 17.2 Å². The van der Waals surface area contributed by atoms with Crippen LogP contribution in [0.25, 0.3) is 0 Å². The van der Waals surface area contributed by atoms with Crippen LogP contribution < -0.4 is 10.2 Å². The molecule has 0 spiro atoms. The largest absolute Gasteiger partial charge is 0.381 e. The van der Waals surface area contributed by atoms with Crippen molar-refractivity contribution in [2.45, 2.75) is 12.8 Å². The van der Waals surface area contributed by atoms with Crippen molar-refractivity contribution in [2.75, 3.05) is 37.0 Å². The lowest BCUT2D eigenvalue weighted by Crippen LogP contribution is -2.30. The molecule has 20 heavy (non-hydrogen) atoms. The van der Waals surface area contributed by atoms with E-state index in [-0.39, 0.29) is 0 Å². The molecular formula is C15H18N2O3. The van der Waals surface area contributed by atoms with E-state index in [1.54, 1.807) is 6.07 Å². The summed E-state index contributed by atoms with van der Waals surface area (Å²) in [5, 5.41) is 2.61. The van der Waals surface area contributed by atoms with E-state index >= 15 is 0 Å². The summed E-state index contributed by atoms with van der Waals surface area (Å²) in [6.07, 6.45) is 2.30. The lowest BCUT2D eigenvalue weighted by molar-refractivity contribution is -0.112. The number of rotatable bonds is 3. The average molecular weight is 274 g/mol. The maximum Gasteiger partial charge on any atom is 0.296 e. The fourth-order valence-corrected chi connectivity index (χ4v) is 2.82. The monoisotopic (exact) mass is 274 g/mol. The molecule has 5 nitrogen and oxygen atoms in total. The smallest absolute Gasteiger partial charge is 0.296 e. The Bertz CT molecular complexity index is 550. The molecule has 1 amide bonds. The normalized spacial score (nSPS) is 21.6. The number of anilines is 2. The molecule has 1 atom stereocenters. The number of nitrogens with zero attached hydrogens (tertiary/aromatic N) is 1. The van der Waals surface area contributed by atoms with E-state index in [1.165, 1.54) is 6.42 Å². The Morgan fingerprint density at radius 2 is 2.25 bits per heavy atom. The Balaban J connectivity index is 1.73. The van der Waals surface area contributed by atoms with Crippen LogP contribution >= 0.6 is 0 Å². The number of carbonyl (C=O) groups excluding carboxylic acids is 2. The van der Waals surface area contributed by atoms with Crippen molar-refractivity contribution in [3.63, 3.8) is 0 Å². The van der Waals surface area contributed by atoms with Gasteiger partial charge in [-0.2, -0.15) is 0 Å². The summed E-state index contributed by atoms with van der Waals surface area (Å²) in [6.45, 7) is 2.60. The molecule has 1 aromatic rings. The van der Waals surface area contributed by atoms with E-state index in [4.69, 9.17) is 4.74 Å². The van der Waals surface area contributed by atoms with E-state index in [1.807, 2.05) is 19.2 Å². The SMILES string of the molecule is CN(CC1CCCOC1)c1ccc2c(c1)NC(=O)C2=O. The van der Waals surface area contributed by atoms with Crippen LogP contribution in [0.1, 0.15) is 23.2 Å². The molecule has 1 fully saturated rings. The Labute approximate surface area is 117 Å². The summed E-state index contributed by atoms with van der Waals surface area (Å²) < 4.78 is 5.49. The van der Waals surface area contributed by atoms with Gasteiger partial charge in [-0.25, -0.2) is 0 Å². The number of Topliss-reactive ketones (excluding diaryl/α,β-unsaturated/α-hetero) is 1. The van der Waals surface area contributed by atoms with Crippen molar-refractivity contribution < 1.29 is 14.3 Å². The van der Waals surface area contributed by atoms with E-state index < -0.39 is 11.7 Å². The molecule has 0 aliphatic carbocycles. The molecule has 5 heteroatoms. The van der Waals surface area contributed by atoms with Crippen LogP contribution in [0.15, 0.2) is 18.2 Å². The zero-order valence-electron chi connectivity index (χ0n) is 11.5. The highest BCUT2D eigenvalue weighted by atomic mass is 16.5. The minimum absolute atomic E-state index is 0.449. The maximum atomic E-state index is 11.6. The molecule has 2 heterocycles. The van der Waals surface area contributed by atoms with Crippen LogP contribution in [0.2, 0.25) is 0 Å². The van der Waals surface area contributed by atoms with Crippen LogP contribution in [-0.4, -0.2) is 38.5 Å². The van der Waals surface area contributed by atoms with Gasteiger partial charge in [-0.05, 0) is 37.0 Å². The number of fused-ring (bicyclic) bond motifs is 1. The second-order valence-electron chi connectivity index (χ2n) is 5.48. The number of hydrogen-bond donors (Lipinski definition) is 1. The Morgan fingerprint density at radius 1 is 1.40 bits per heavy atom. The second-order valence-corrected chi connectivity index (χ2v) is 5.48. The fourth-order valence-electron chi connectivity index (χ4n) is 2.82. The molecule has 2 aliphatic heterocycles. The molecule has 1 aromatic carbocycles. The molecule has 0 aromatic heterocycles. The van der Waals surface area contributed by atoms with Crippen molar-refractivity contribution in [2.24, 2.45) is 5.92 Å². The van der Waals surface area contributed by atoms with Crippen molar-refractivity contribution >= 4 is 23.1 Å². The first-order valence-corrected chi connectivity index (χ1v) is 6.94. The zero-order valence-corrected chi connectivity index (χ0v) is 11.5. The summed E-state index contributed by atoms with van der Waals surface area (Å²) in [6, 6.07) is 5.47. The third-order valence-corrected chi connectivity index (χ3v) is 3.93. The first-order chi connectivity index (χ1) is 9.65. The second kappa shape index (κ2) is 5.25. The summed E-state index contributed by atoms with van der Waals surface area (Å²) >= 11 is 0. The molecule has 2 aliphatic rings. The number of carbonyl (C=O) groups is 2. The molecule has 0 bridgehead atoms. The summed E-state index contributed by atoms with van der Waals surface area (Å²) in [5.41, 5.74) is 2.08. The van der Waals surface area contributed by atoms with Gasteiger partial charge >= 0.3 is 0 Å². The quantitative estimate of drug-likeness (QED) is 0.852. The minimum Gasteiger partial charge on any atom is -0.381 e. The standard InChI is InChI=1S/C15H18N2O3/c1-17(8-10-3-2-6-20-9-10)11-4-5-12-13(7-11)16-15(19)14(12)18/h4-5,7,10H,2-3,6,8-9H2,1H3,(H,16,18,19). The number of nitrogens with one attached hydrogen (secondary N) is 1. The van der Waals surface area contributed by atoms with Crippen LogP contribution in [-0.2, 0) is 9.53 Å². The van der Waals surface area contributed by atoms with Crippen molar-refractivity contribution in [3.8, 4) is 0 Å². The number of amides is 1. The summed E-state index contributed by atoms with van der Waals surface area (Å²) in [7, 11) is 2.02. The van der Waals surface area contributed by atoms with E-state index in [9.17, 15) is 9.59 Å². The van der Waals surface area contributed by atoms with Crippen LogP contribution in [0.4, 0.5) is 11.4 Å². The first kappa shape index (κ1) is 13.1. The van der Waals surface area contributed by atoms with Crippen LogP contribution in [0, 0.1) is 5.92 Å². The fraction of sp³-hybridized carbons (Fsp3) is 0.467. The molecule has 3 rings (SSSR count). The lowest BCUT2D eigenvalue weighted by atomic mass is 10.0. The average Bonchev–Trinajstić information content (AvgIpc) is 2.74. The highest BCUT2D eigenvalue weighted by molar-refractivity contribution is 6.51. The predicted molar refractivity (Wildman–Crippen MR) is 76.2 cm³/mol. The first-order valence-electron chi connectivity index (χ1n) is 6.94. The molecule has 1 unspecified atom stereocenters. The highest BCUT2D eigenvalue weighted by Crippen LogP contribution is 2.28. The third-order valence-electron chi connectivity index (χ3n) is 3.93. The van der Waals surface area contributed by atoms with Gasteiger partial charge in [0.15, 0.2) is 0 Å². The molecule has 1 saturated heterocycles. The Hall–Kier alpha value is -1.88. The van der Waals surface area contributed by atoms with Crippen LogP contribution in [0.5, 0.6) is 0 Å². The lowest BCUT2D eigenvalue weighted by Gasteiger charge is -2.28. The van der Waals surface area contributed by atoms with E-state index in [0.717, 1.165) is 31.9 Å². The number of ketones is 1. The van der Waals surface area contributed by atoms with Crippen LogP contribution in [0.3, 0.4) is 0 Å². The van der Waals surface area contributed by atoms with Gasteiger partial charge in [0.25, 0.3) is 11.7 Å². The number of ether oxygens (including phenoxy) is 1. The molecule has 106 valence electrons. The predicted octanol–water partition coefficient (Wildman–Crippen LogP) is 1.68. The van der Waals surface area contributed by atoms with Gasteiger partial charge in [0, 0.05) is 25.9 Å². The van der Waals surface area contributed by atoms with Gasteiger partial charge in [-0.15, -0.1) is 0 Å². The van der Waals surface area contributed by atoms with Gasteiger partial charge < -0.3 is 15.0 Å². The van der Waals surface area contributed by atoms with Gasteiger partial charge in [0.2, 0.25) is 0 Å². The highest BCUT2D eigenvalue weighted by Gasteiger charge is 2.28. The molecular weight excluding hydrogens is 256 g/mol. The third kappa shape index (κ3) is 2.41. The number of hydrogen-bond acceptors (Lipinski definition) is 4. The van der Waals surface area contributed by atoms with Crippen molar-refractivity contribution in [1.29, 1.82) is 0 Å². The van der Waals surface area contributed by atoms with Crippen molar-refractivity contribution in [3.05, 3.63) is 23.8 Å². The molecule has 0 radical (unpaired) electrons. The van der Waals surface area contributed by atoms with Gasteiger partial charge in [0.05, 0.1) is 17.9 Å². The zero-order chi connectivity index (χ0) is 14.1. The maximum absolute atomic E-state index is 11.6. The topological polar surface area (TPSA) is 58.6 Å². The van der Waals surface area contributed by atoms with Gasteiger partial charge in [-0.3, -0.25) is 9.59 Å². The van der Waals surface area contributed by atoms with E-state index in [2.05, 4.69) is 10.2 Å². The minimum atomic E-state index is -0.541. The molecule has 1 N–H and O–H groups in total. The summed E-state index contributed by atoms with van der Waals surface area (Å²) in [5.74, 6) is -0.450. The Morgan fingerprint density at radius 3 is 3.00 bits per heavy atom. The van der Waals surface area contributed by atoms with Crippen molar-refractivity contribution in [1.82, 2.24) is 0 Å². The summed E-state index contributed by atoms with van der Waals surface area (Å²) in [4.78, 5) is 25.0. The molecule has 0 saturated carbocycles. The van der Waals surface area contributed by atoms with Gasteiger partial charge in [0.1, 0.15) is 0 Å².